The summed E-state index contributed by atoms with van der Waals surface area (Å²) < 4.78 is 15.1. The van der Waals surface area contributed by atoms with E-state index in [1.54, 1.807) is 12.1 Å². The van der Waals surface area contributed by atoms with Gasteiger partial charge in [-0.15, -0.1) is 0 Å². The number of hydrogen-bond donors (Lipinski definition) is 2. The molecule has 2 aromatic rings. The van der Waals surface area contributed by atoms with Crippen molar-refractivity contribution in [3.63, 3.8) is 0 Å². The molecule has 4 rings (SSSR count). The van der Waals surface area contributed by atoms with Crippen molar-refractivity contribution < 1.29 is 14.3 Å². The van der Waals surface area contributed by atoms with Gasteiger partial charge in [-0.1, -0.05) is 48.5 Å². The SMILES string of the molecule is N[C@@H]1[C@H](Cc2cccc(-c3ccccc3)c2F)N(C(=O)O)CC12CC2. The Balaban J connectivity index is 1.65. The number of hydrogen-bond acceptors (Lipinski definition) is 2. The lowest BCUT2D eigenvalue weighted by atomic mass is 9.91. The fourth-order valence-corrected chi connectivity index (χ4v) is 4.07. The maximum atomic E-state index is 15.1. The lowest BCUT2D eigenvalue weighted by Gasteiger charge is -2.25. The maximum absolute atomic E-state index is 15.1. The molecule has 1 spiro atoms. The molecule has 1 saturated carbocycles. The van der Waals surface area contributed by atoms with Crippen molar-refractivity contribution in [2.75, 3.05) is 6.54 Å². The Morgan fingerprint density at radius 3 is 2.56 bits per heavy atom. The fraction of sp³-hybridized carbons (Fsp3) is 0.350. The summed E-state index contributed by atoms with van der Waals surface area (Å²) in [4.78, 5) is 13.0. The highest BCUT2D eigenvalue weighted by atomic mass is 19.1. The van der Waals surface area contributed by atoms with Gasteiger partial charge < -0.3 is 15.7 Å². The van der Waals surface area contributed by atoms with Crippen LogP contribution in [0.15, 0.2) is 48.5 Å². The number of nitrogens with two attached hydrogens (primary N) is 1. The molecule has 4 nitrogen and oxygen atoms in total. The third-order valence-corrected chi connectivity index (χ3v) is 5.74. The summed E-state index contributed by atoms with van der Waals surface area (Å²) in [6.45, 7) is 0.466. The second kappa shape index (κ2) is 5.85. The molecule has 3 N–H and O–H groups in total. The largest absolute Gasteiger partial charge is 0.465 e. The lowest BCUT2D eigenvalue weighted by Crippen LogP contribution is -2.44. The van der Waals surface area contributed by atoms with Crippen LogP contribution in [0.5, 0.6) is 0 Å². The first-order valence-corrected chi connectivity index (χ1v) is 8.60. The van der Waals surface area contributed by atoms with E-state index in [4.69, 9.17) is 5.73 Å². The van der Waals surface area contributed by atoms with Crippen LogP contribution in [0.4, 0.5) is 9.18 Å². The van der Waals surface area contributed by atoms with Gasteiger partial charge in [-0.3, -0.25) is 0 Å². The molecule has 2 aromatic carbocycles. The van der Waals surface area contributed by atoms with E-state index in [-0.39, 0.29) is 23.3 Å². The van der Waals surface area contributed by atoms with E-state index < -0.39 is 6.09 Å². The molecule has 1 heterocycles. The molecule has 25 heavy (non-hydrogen) atoms. The van der Waals surface area contributed by atoms with Crippen molar-refractivity contribution in [2.45, 2.75) is 31.3 Å². The van der Waals surface area contributed by atoms with Crippen LogP contribution >= 0.6 is 0 Å². The van der Waals surface area contributed by atoms with Crippen LogP contribution in [0.2, 0.25) is 0 Å². The number of rotatable bonds is 3. The summed E-state index contributed by atoms with van der Waals surface area (Å²) >= 11 is 0. The van der Waals surface area contributed by atoms with Crippen molar-refractivity contribution in [2.24, 2.45) is 11.1 Å². The van der Waals surface area contributed by atoms with Crippen LogP contribution in [-0.2, 0) is 6.42 Å². The monoisotopic (exact) mass is 340 g/mol. The van der Waals surface area contributed by atoms with Gasteiger partial charge in [0.1, 0.15) is 5.82 Å². The van der Waals surface area contributed by atoms with E-state index in [1.807, 2.05) is 36.4 Å². The fourth-order valence-electron chi connectivity index (χ4n) is 4.07. The predicted octanol–water partition coefficient (Wildman–Crippen LogP) is 3.50. The molecular formula is C20H21FN2O2. The maximum Gasteiger partial charge on any atom is 0.407 e. The van der Waals surface area contributed by atoms with Gasteiger partial charge in [0.2, 0.25) is 0 Å². The van der Waals surface area contributed by atoms with Gasteiger partial charge in [-0.05, 0) is 30.4 Å². The van der Waals surface area contributed by atoms with E-state index in [0.717, 1.165) is 18.4 Å². The number of likely N-dealkylation sites (tertiary alicyclic amines) is 1. The van der Waals surface area contributed by atoms with Crippen molar-refractivity contribution in [1.29, 1.82) is 0 Å². The highest BCUT2D eigenvalue weighted by Crippen LogP contribution is 2.54. The Kier molecular flexibility index (Phi) is 3.76. The first-order chi connectivity index (χ1) is 12.0. The van der Waals surface area contributed by atoms with Gasteiger partial charge in [-0.2, -0.15) is 0 Å². The minimum absolute atomic E-state index is 0.0867. The van der Waals surface area contributed by atoms with Crippen molar-refractivity contribution >= 4 is 6.09 Å². The van der Waals surface area contributed by atoms with E-state index in [1.165, 1.54) is 4.90 Å². The lowest BCUT2D eigenvalue weighted by molar-refractivity contribution is 0.137. The smallest absolute Gasteiger partial charge is 0.407 e. The molecule has 0 unspecified atom stereocenters. The Bertz CT molecular complexity index is 805. The Morgan fingerprint density at radius 1 is 1.20 bits per heavy atom. The molecule has 1 saturated heterocycles. The molecule has 0 radical (unpaired) electrons. The van der Waals surface area contributed by atoms with Crippen molar-refractivity contribution in [3.8, 4) is 11.1 Å². The molecule has 0 bridgehead atoms. The second-order valence-electron chi connectivity index (χ2n) is 7.21. The average Bonchev–Trinajstić information content (AvgIpc) is 3.34. The molecule has 1 amide bonds. The van der Waals surface area contributed by atoms with Gasteiger partial charge >= 0.3 is 6.09 Å². The molecule has 2 aliphatic rings. The number of benzene rings is 2. The molecule has 1 aliphatic carbocycles. The minimum atomic E-state index is -0.969. The third-order valence-electron chi connectivity index (χ3n) is 5.74. The second-order valence-corrected chi connectivity index (χ2v) is 7.21. The van der Waals surface area contributed by atoms with Gasteiger partial charge in [0.05, 0.1) is 6.04 Å². The van der Waals surface area contributed by atoms with E-state index >= 15 is 4.39 Å². The molecule has 130 valence electrons. The Hall–Kier alpha value is -2.40. The van der Waals surface area contributed by atoms with Crippen LogP contribution in [-0.4, -0.2) is 34.7 Å². The van der Waals surface area contributed by atoms with Gasteiger partial charge in [0.15, 0.2) is 0 Å². The molecule has 1 aliphatic heterocycles. The van der Waals surface area contributed by atoms with Crippen molar-refractivity contribution in [3.05, 3.63) is 59.9 Å². The van der Waals surface area contributed by atoms with Crippen LogP contribution < -0.4 is 5.73 Å². The predicted molar refractivity (Wildman–Crippen MR) is 93.7 cm³/mol. The number of halogens is 1. The first-order valence-electron chi connectivity index (χ1n) is 8.60. The number of nitrogens with zero attached hydrogens (tertiary/aromatic N) is 1. The molecule has 0 aromatic heterocycles. The van der Waals surface area contributed by atoms with E-state index in [2.05, 4.69) is 0 Å². The highest BCUT2D eigenvalue weighted by molar-refractivity contribution is 5.67. The first kappa shape index (κ1) is 16.1. The number of amides is 1. The van der Waals surface area contributed by atoms with E-state index in [0.29, 0.717) is 24.1 Å². The molecule has 2 fully saturated rings. The van der Waals surface area contributed by atoms with Crippen LogP contribution in [0, 0.1) is 11.2 Å². The van der Waals surface area contributed by atoms with Gasteiger partial charge in [0, 0.05) is 23.6 Å². The summed E-state index contributed by atoms with van der Waals surface area (Å²) in [6, 6.07) is 14.1. The van der Waals surface area contributed by atoms with Gasteiger partial charge in [0.25, 0.3) is 0 Å². The minimum Gasteiger partial charge on any atom is -0.465 e. The molecule has 2 atom stereocenters. The van der Waals surface area contributed by atoms with Crippen molar-refractivity contribution in [1.82, 2.24) is 4.90 Å². The van der Waals surface area contributed by atoms with Gasteiger partial charge in [-0.25, -0.2) is 9.18 Å². The Morgan fingerprint density at radius 2 is 1.92 bits per heavy atom. The normalized spacial score (nSPS) is 23.8. The standard InChI is InChI=1S/C20H21FN2O2/c21-17-14(7-4-8-15(17)13-5-2-1-3-6-13)11-16-18(22)20(9-10-20)12-23(16)19(24)25/h1-8,16,18H,9-12,22H2,(H,24,25)/t16-,18+/m0/s1. The summed E-state index contributed by atoms with van der Waals surface area (Å²) in [7, 11) is 0. The van der Waals surface area contributed by atoms with Crippen LogP contribution in [0.1, 0.15) is 18.4 Å². The zero-order valence-electron chi connectivity index (χ0n) is 13.9. The zero-order valence-corrected chi connectivity index (χ0v) is 13.9. The quantitative estimate of drug-likeness (QED) is 0.898. The third kappa shape index (κ3) is 2.68. The zero-order chi connectivity index (χ0) is 17.6. The molecule has 5 heteroatoms. The van der Waals surface area contributed by atoms with Crippen LogP contribution in [0.25, 0.3) is 11.1 Å². The number of carboxylic acid groups (broad SMARTS) is 1. The summed E-state index contributed by atoms with van der Waals surface area (Å²) in [5, 5.41) is 9.52. The average molecular weight is 340 g/mol. The summed E-state index contributed by atoms with van der Waals surface area (Å²) in [6.07, 6.45) is 1.26. The number of carbonyl (C=O) groups is 1. The molecular weight excluding hydrogens is 319 g/mol. The topological polar surface area (TPSA) is 66.6 Å². The summed E-state index contributed by atoms with van der Waals surface area (Å²) in [5.74, 6) is -0.289. The van der Waals surface area contributed by atoms with Crippen LogP contribution in [0.3, 0.4) is 0 Å². The Labute approximate surface area is 146 Å². The summed E-state index contributed by atoms with van der Waals surface area (Å²) in [5.41, 5.74) is 8.15. The highest BCUT2D eigenvalue weighted by Gasteiger charge is 2.59. The van der Waals surface area contributed by atoms with E-state index in [9.17, 15) is 9.90 Å².